The number of aromatic amines is 1. The first-order valence-corrected chi connectivity index (χ1v) is 10.4. The molecule has 148 valence electrons. The maximum Gasteiger partial charge on any atom is 0.258 e. The number of nitrogens with one attached hydrogen (secondary N) is 2. The van der Waals surface area contributed by atoms with Gasteiger partial charge in [-0.2, -0.15) is 0 Å². The lowest BCUT2D eigenvalue weighted by atomic mass is 9.97. The molecule has 0 saturated carbocycles. The Morgan fingerprint density at radius 3 is 3.04 bits per heavy atom. The molecule has 28 heavy (non-hydrogen) atoms. The maximum absolute atomic E-state index is 12.0. The van der Waals surface area contributed by atoms with Crippen LogP contribution >= 0.6 is 11.3 Å². The molecule has 1 saturated heterocycles. The summed E-state index contributed by atoms with van der Waals surface area (Å²) in [7, 11) is 1.75. The number of hydrogen-bond acceptors (Lipinski definition) is 8. The van der Waals surface area contributed by atoms with Crippen LogP contribution in [0.3, 0.4) is 0 Å². The molecule has 8 nitrogen and oxygen atoms in total. The Hall–Kier alpha value is -2.36. The summed E-state index contributed by atoms with van der Waals surface area (Å²) in [6.07, 6.45) is 5.40. The minimum atomic E-state index is -0.168. The van der Waals surface area contributed by atoms with E-state index in [1.807, 2.05) is 5.38 Å². The normalized spacial score (nSPS) is 15.9. The molecular weight excluding hydrogens is 376 g/mol. The van der Waals surface area contributed by atoms with E-state index in [4.69, 9.17) is 4.74 Å². The number of piperidine rings is 1. The van der Waals surface area contributed by atoms with E-state index in [0.29, 0.717) is 22.5 Å². The van der Waals surface area contributed by atoms with Crippen LogP contribution in [0.4, 0.5) is 5.13 Å². The maximum atomic E-state index is 12.0. The standard InChI is InChI=1S/C19H24N6O2S/c1-27-9-8-25-6-3-13(4-7-25)10-21-19-24-15(11-28-19)17-16-14(2-5-20-17)18(26)23-12-22-16/h2,5,11-13H,3-4,6-10H2,1H3,(H,21,24)(H,22,23,26). The molecule has 1 aliphatic rings. The second-order valence-electron chi connectivity index (χ2n) is 6.98. The van der Waals surface area contributed by atoms with Crippen LogP contribution in [0, 0.1) is 5.92 Å². The summed E-state index contributed by atoms with van der Waals surface area (Å²) in [5.41, 5.74) is 1.79. The van der Waals surface area contributed by atoms with E-state index in [-0.39, 0.29) is 5.56 Å². The molecule has 0 bridgehead atoms. The Balaban J connectivity index is 1.38. The number of thiazole rings is 1. The number of H-pyrrole nitrogens is 1. The van der Waals surface area contributed by atoms with Gasteiger partial charge in [-0.25, -0.2) is 9.97 Å². The van der Waals surface area contributed by atoms with Crippen molar-refractivity contribution < 1.29 is 4.74 Å². The molecule has 1 fully saturated rings. The predicted molar refractivity (Wildman–Crippen MR) is 111 cm³/mol. The summed E-state index contributed by atoms with van der Waals surface area (Å²) >= 11 is 1.55. The molecule has 0 amide bonds. The lowest BCUT2D eigenvalue weighted by molar-refractivity contribution is 0.122. The summed E-state index contributed by atoms with van der Waals surface area (Å²) < 4.78 is 5.16. The van der Waals surface area contributed by atoms with E-state index < -0.39 is 0 Å². The lowest BCUT2D eigenvalue weighted by Gasteiger charge is -2.31. The molecule has 3 aromatic rings. The van der Waals surface area contributed by atoms with Gasteiger partial charge < -0.3 is 19.9 Å². The highest BCUT2D eigenvalue weighted by Crippen LogP contribution is 2.27. The van der Waals surface area contributed by atoms with Gasteiger partial charge in [-0.15, -0.1) is 11.3 Å². The molecule has 2 N–H and O–H groups in total. The third kappa shape index (κ3) is 4.21. The zero-order valence-electron chi connectivity index (χ0n) is 15.9. The first kappa shape index (κ1) is 19.0. The Kier molecular flexibility index (Phi) is 5.94. The van der Waals surface area contributed by atoms with E-state index in [0.717, 1.165) is 43.6 Å². The van der Waals surface area contributed by atoms with Crippen molar-refractivity contribution in [3.05, 3.63) is 34.3 Å². The van der Waals surface area contributed by atoms with Gasteiger partial charge in [0.1, 0.15) is 16.9 Å². The van der Waals surface area contributed by atoms with Crippen molar-refractivity contribution in [1.29, 1.82) is 0 Å². The van der Waals surface area contributed by atoms with Crippen LogP contribution in [0.5, 0.6) is 0 Å². The van der Waals surface area contributed by atoms with Gasteiger partial charge in [0.2, 0.25) is 0 Å². The van der Waals surface area contributed by atoms with Crippen LogP contribution in [0.15, 0.2) is 28.8 Å². The van der Waals surface area contributed by atoms with Gasteiger partial charge in [0.25, 0.3) is 5.56 Å². The summed E-state index contributed by atoms with van der Waals surface area (Å²) in [6.45, 7) is 4.99. The molecule has 3 aromatic heterocycles. The summed E-state index contributed by atoms with van der Waals surface area (Å²) in [5.74, 6) is 0.655. The van der Waals surface area contributed by atoms with Gasteiger partial charge in [-0.1, -0.05) is 0 Å². The largest absolute Gasteiger partial charge is 0.383 e. The summed E-state index contributed by atoms with van der Waals surface area (Å²) in [5, 5.41) is 6.83. The molecule has 1 aliphatic heterocycles. The second-order valence-corrected chi connectivity index (χ2v) is 7.84. The van der Waals surface area contributed by atoms with E-state index in [2.05, 4.69) is 30.2 Å². The summed E-state index contributed by atoms with van der Waals surface area (Å²) in [4.78, 5) is 30.4. The molecule has 0 aliphatic carbocycles. The van der Waals surface area contributed by atoms with Crippen molar-refractivity contribution >= 4 is 27.4 Å². The molecule has 0 atom stereocenters. The summed E-state index contributed by atoms with van der Waals surface area (Å²) in [6, 6.07) is 1.68. The van der Waals surface area contributed by atoms with Gasteiger partial charge in [0.15, 0.2) is 5.13 Å². The molecule has 0 aromatic carbocycles. The number of methoxy groups -OCH3 is 1. The third-order valence-electron chi connectivity index (χ3n) is 5.17. The first-order valence-electron chi connectivity index (χ1n) is 9.48. The van der Waals surface area contributed by atoms with E-state index in [1.54, 1.807) is 30.7 Å². The van der Waals surface area contributed by atoms with Crippen LogP contribution < -0.4 is 10.9 Å². The topological polar surface area (TPSA) is 96.0 Å². The van der Waals surface area contributed by atoms with Crippen LogP contribution in [0.25, 0.3) is 22.3 Å². The Morgan fingerprint density at radius 2 is 2.21 bits per heavy atom. The van der Waals surface area contributed by atoms with E-state index in [9.17, 15) is 4.79 Å². The van der Waals surface area contributed by atoms with Crippen molar-refractivity contribution in [2.75, 3.05) is 45.2 Å². The number of hydrogen-bond donors (Lipinski definition) is 2. The number of rotatable bonds is 7. The minimum Gasteiger partial charge on any atom is -0.383 e. The Morgan fingerprint density at radius 1 is 1.36 bits per heavy atom. The average molecular weight is 401 g/mol. The molecule has 0 radical (unpaired) electrons. The number of anilines is 1. The van der Waals surface area contributed by atoms with Gasteiger partial charge in [-0.3, -0.25) is 9.78 Å². The van der Waals surface area contributed by atoms with Gasteiger partial charge in [0, 0.05) is 31.8 Å². The molecule has 4 heterocycles. The fraction of sp³-hybridized carbons (Fsp3) is 0.474. The fourth-order valence-corrected chi connectivity index (χ4v) is 4.22. The molecule has 0 unspecified atom stereocenters. The molecule has 4 rings (SSSR count). The Bertz CT molecular complexity index is 980. The highest BCUT2D eigenvalue weighted by atomic mass is 32.1. The van der Waals surface area contributed by atoms with E-state index in [1.165, 1.54) is 19.2 Å². The lowest BCUT2D eigenvalue weighted by Crippen LogP contribution is -2.37. The fourth-order valence-electron chi connectivity index (χ4n) is 3.52. The van der Waals surface area contributed by atoms with Crippen molar-refractivity contribution in [3.8, 4) is 11.4 Å². The SMILES string of the molecule is COCCN1CCC(CNc2nc(-c3nccc4c(=O)[nH]cnc34)cs2)CC1. The van der Waals surface area contributed by atoms with Crippen molar-refractivity contribution in [1.82, 2.24) is 24.8 Å². The third-order valence-corrected chi connectivity index (χ3v) is 5.97. The first-order chi connectivity index (χ1) is 13.7. The number of pyridine rings is 1. The monoisotopic (exact) mass is 400 g/mol. The highest BCUT2D eigenvalue weighted by Gasteiger charge is 2.19. The number of nitrogens with zero attached hydrogens (tertiary/aromatic N) is 4. The van der Waals surface area contributed by atoms with Gasteiger partial charge in [0.05, 0.1) is 18.3 Å². The van der Waals surface area contributed by atoms with Crippen molar-refractivity contribution in [2.45, 2.75) is 12.8 Å². The molecule has 0 spiro atoms. The average Bonchev–Trinajstić information content (AvgIpc) is 3.20. The zero-order valence-corrected chi connectivity index (χ0v) is 16.7. The van der Waals surface area contributed by atoms with Gasteiger partial charge in [-0.05, 0) is 37.9 Å². The quantitative estimate of drug-likeness (QED) is 0.628. The van der Waals surface area contributed by atoms with Gasteiger partial charge >= 0.3 is 0 Å². The van der Waals surface area contributed by atoms with Crippen LogP contribution in [-0.2, 0) is 4.74 Å². The molecular formula is C19H24N6O2S. The minimum absolute atomic E-state index is 0.168. The number of fused-ring (bicyclic) bond motifs is 1. The predicted octanol–water partition coefficient (Wildman–Crippen LogP) is 2.21. The van der Waals surface area contributed by atoms with Crippen molar-refractivity contribution in [2.24, 2.45) is 5.92 Å². The smallest absolute Gasteiger partial charge is 0.258 e. The number of ether oxygens (including phenoxy) is 1. The van der Waals surface area contributed by atoms with Crippen LogP contribution in [0.2, 0.25) is 0 Å². The molecule has 9 heteroatoms. The zero-order chi connectivity index (χ0) is 19.3. The van der Waals surface area contributed by atoms with Crippen molar-refractivity contribution in [3.63, 3.8) is 0 Å². The van der Waals surface area contributed by atoms with E-state index >= 15 is 0 Å². The van der Waals surface area contributed by atoms with Crippen LogP contribution in [0.1, 0.15) is 12.8 Å². The number of likely N-dealkylation sites (tertiary alicyclic amines) is 1. The Labute approximate surface area is 167 Å². The van der Waals surface area contributed by atoms with Crippen LogP contribution in [-0.4, -0.2) is 64.7 Å². The number of aromatic nitrogens is 4. The second kappa shape index (κ2) is 8.76. The highest BCUT2D eigenvalue weighted by molar-refractivity contribution is 7.14.